The van der Waals surface area contributed by atoms with Crippen molar-refractivity contribution in [3.8, 4) is 5.75 Å². The van der Waals surface area contributed by atoms with Crippen LogP contribution in [0.4, 0.5) is 0 Å². The Kier molecular flexibility index (Phi) is 7.72. The zero-order valence-electron chi connectivity index (χ0n) is 15.6. The molecule has 1 aliphatic rings. The third kappa shape index (κ3) is 7.00. The molecule has 27 heavy (non-hydrogen) atoms. The predicted octanol–water partition coefficient (Wildman–Crippen LogP) is 4.39. The number of halogens is 1. The Labute approximate surface area is 170 Å². The molecule has 1 fully saturated rings. The zero-order valence-corrected chi connectivity index (χ0v) is 17.2. The molecule has 2 aromatic rings. The molecule has 1 saturated heterocycles. The maximum Gasteiger partial charge on any atom is 0.220 e. The smallest absolute Gasteiger partial charge is 0.220 e. The molecule has 1 amide bonds. The number of amides is 1. The topological polar surface area (TPSA) is 41.6 Å². The van der Waals surface area contributed by atoms with Crippen LogP contribution in [0, 0.1) is 0 Å². The second-order valence-corrected chi connectivity index (χ2v) is 7.93. The summed E-state index contributed by atoms with van der Waals surface area (Å²) >= 11 is 3.42. The Morgan fingerprint density at radius 2 is 1.89 bits per heavy atom. The van der Waals surface area contributed by atoms with Crippen LogP contribution in [0.1, 0.15) is 31.2 Å². The number of carbonyl (C=O) groups is 1. The van der Waals surface area contributed by atoms with Gasteiger partial charge >= 0.3 is 0 Å². The van der Waals surface area contributed by atoms with Crippen LogP contribution >= 0.6 is 15.9 Å². The third-order valence-corrected chi connectivity index (χ3v) is 5.31. The number of ether oxygens (including phenoxy) is 1. The minimum Gasteiger partial charge on any atom is -0.494 e. The van der Waals surface area contributed by atoms with E-state index in [1.54, 1.807) is 0 Å². The van der Waals surface area contributed by atoms with Gasteiger partial charge in [0.2, 0.25) is 5.91 Å². The normalized spacial score (nSPS) is 15.4. The van der Waals surface area contributed by atoms with Crippen LogP contribution in [0.25, 0.3) is 0 Å². The van der Waals surface area contributed by atoms with Crippen molar-refractivity contribution in [2.24, 2.45) is 0 Å². The number of carbonyl (C=O) groups excluding carboxylic acids is 1. The van der Waals surface area contributed by atoms with E-state index in [1.807, 2.05) is 24.3 Å². The molecule has 0 atom stereocenters. The van der Waals surface area contributed by atoms with Crippen molar-refractivity contribution >= 4 is 21.8 Å². The van der Waals surface area contributed by atoms with Crippen molar-refractivity contribution in [3.05, 3.63) is 64.6 Å². The molecular weight excluding hydrogens is 404 g/mol. The Balaban J connectivity index is 1.29. The molecule has 0 aromatic heterocycles. The number of hydrogen-bond acceptors (Lipinski definition) is 3. The van der Waals surface area contributed by atoms with Crippen LogP contribution in [0.3, 0.4) is 0 Å². The summed E-state index contributed by atoms with van der Waals surface area (Å²) in [7, 11) is 0. The summed E-state index contributed by atoms with van der Waals surface area (Å²) in [5.41, 5.74) is 1.35. The van der Waals surface area contributed by atoms with Gasteiger partial charge < -0.3 is 10.1 Å². The molecule has 0 unspecified atom stereocenters. The Morgan fingerprint density at radius 1 is 1.11 bits per heavy atom. The highest BCUT2D eigenvalue weighted by Gasteiger charge is 2.20. The van der Waals surface area contributed by atoms with Crippen molar-refractivity contribution in [3.63, 3.8) is 0 Å². The van der Waals surface area contributed by atoms with E-state index in [-0.39, 0.29) is 5.91 Å². The van der Waals surface area contributed by atoms with Gasteiger partial charge in [0.25, 0.3) is 0 Å². The van der Waals surface area contributed by atoms with Crippen molar-refractivity contribution in [1.29, 1.82) is 0 Å². The highest BCUT2D eigenvalue weighted by atomic mass is 79.9. The lowest BCUT2D eigenvalue weighted by Gasteiger charge is -2.32. The van der Waals surface area contributed by atoms with Crippen LogP contribution in [0.2, 0.25) is 0 Å². The summed E-state index contributed by atoms with van der Waals surface area (Å²) in [5.74, 6) is 0.963. The Morgan fingerprint density at radius 3 is 2.63 bits per heavy atom. The molecule has 4 nitrogen and oxygen atoms in total. The number of nitrogens with one attached hydrogen (secondary N) is 1. The first kappa shape index (κ1) is 19.9. The van der Waals surface area contributed by atoms with Crippen LogP contribution in [0.5, 0.6) is 5.75 Å². The number of nitrogens with zero attached hydrogens (tertiary/aromatic N) is 1. The van der Waals surface area contributed by atoms with Gasteiger partial charge in [0.05, 0.1) is 6.61 Å². The Hall–Kier alpha value is -1.85. The molecular formula is C22H27BrN2O2. The van der Waals surface area contributed by atoms with E-state index in [1.165, 1.54) is 5.56 Å². The van der Waals surface area contributed by atoms with Crippen molar-refractivity contribution < 1.29 is 9.53 Å². The van der Waals surface area contributed by atoms with Gasteiger partial charge in [-0.05, 0) is 43.0 Å². The Bertz CT molecular complexity index is 715. The molecule has 1 heterocycles. The summed E-state index contributed by atoms with van der Waals surface area (Å²) in [4.78, 5) is 14.6. The first-order valence-electron chi connectivity index (χ1n) is 9.63. The fourth-order valence-corrected chi connectivity index (χ4v) is 3.73. The van der Waals surface area contributed by atoms with Crippen LogP contribution in [-0.4, -0.2) is 36.5 Å². The molecule has 0 bridgehead atoms. The largest absolute Gasteiger partial charge is 0.494 e. The van der Waals surface area contributed by atoms with E-state index in [2.05, 4.69) is 56.5 Å². The van der Waals surface area contributed by atoms with E-state index in [0.717, 1.165) is 49.1 Å². The number of hydrogen-bond donors (Lipinski definition) is 1. The first-order chi connectivity index (χ1) is 13.2. The highest BCUT2D eigenvalue weighted by molar-refractivity contribution is 9.10. The molecule has 0 aliphatic carbocycles. The minimum atomic E-state index is 0.134. The van der Waals surface area contributed by atoms with Gasteiger partial charge in [-0.1, -0.05) is 52.3 Å². The standard InChI is InChI=1S/C22H27BrN2O2/c23-19-8-4-9-21(16-19)27-15-5-10-22(26)24-20-11-13-25(14-12-20)17-18-6-2-1-3-7-18/h1-4,6-9,16,20H,5,10-15,17H2,(H,24,26). The average molecular weight is 431 g/mol. The van der Waals surface area contributed by atoms with Crippen molar-refractivity contribution in [2.45, 2.75) is 38.3 Å². The zero-order chi connectivity index (χ0) is 18.9. The quantitative estimate of drug-likeness (QED) is 0.631. The molecule has 3 rings (SSSR count). The maximum atomic E-state index is 12.2. The molecule has 0 radical (unpaired) electrons. The van der Waals surface area contributed by atoms with Gasteiger partial charge in [0, 0.05) is 36.6 Å². The molecule has 0 saturated carbocycles. The molecule has 1 N–H and O–H groups in total. The van der Waals surface area contributed by atoms with Crippen LogP contribution in [-0.2, 0) is 11.3 Å². The van der Waals surface area contributed by atoms with Crippen molar-refractivity contribution in [1.82, 2.24) is 10.2 Å². The lowest BCUT2D eigenvalue weighted by molar-refractivity contribution is -0.122. The third-order valence-electron chi connectivity index (χ3n) is 4.81. The SMILES string of the molecule is O=C(CCCOc1cccc(Br)c1)NC1CCN(Cc2ccccc2)CC1. The number of piperidine rings is 1. The van der Waals surface area contributed by atoms with Crippen LogP contribution < -0.4 is 10.1 Å². The van der Waals surface area contributed by atoms with Gasteiger partial charge in [0.15, 0.2) is 0 Å². The van der Waals surface area contributed by atoms with E-state index in [0.29, 0.717) is 19.1 Å². The van der Waals surface area contributed by atoms with E-state index in [4.69, 9.17) is 4.74 Å². The van der Waals surface area contributed by atoms with Gasteiger partial charge in [-0.15, -0.1) is 0 Å². The average Bonchev–Trinajstić information content (AvgIpc) is 2.68. The maximum absolute atomic E-state index is 12.2. The summed E-state index contributed by atoms with van der Waals surface area (Å²) in [6, 6.07) is 18.6. The number of likely N-dealkylation sites (tertiary alicyclic amines) is 1. The summed E-state index contributed by atoms with van der Waals surface area (Å²) < 4.78 is 6.68. The lowest BCUT2D eigenvalue weighted by Crippen LogP contribution is -2.44. The number of benzene rings is 2. The molecule has 144 valence electrons. The van der Waals surface area contributed by atoms with E-state index >= 15 is 0 Å². The van der Waals surface area contributed by atoms with Crippen molar-refractivity contribution in [2.75, 3.05) is 19.7 Å². The molecule has 5 heteroatoms. The van der Waals surface area contributed by atoms with E-state index < -0.39 is 0 Å². The minimum absolute atomic E-state index is 0.134. The predicted molar refractivity (Wildman–Crippen MR) is 112 cm³/mol. The molecule has 0 spiro atoms. The summed E-state index contributed by atoms with van der Waals surface area (Å²) in [6.07, 6.45) is 3.28. The molecule has 2 aromatic carbocycles. The number of rotatable bonds is 8. The van der Waals surface area contributed by atoms with Gasteiger partial charge in [-0.25, -0.2) is 0 Å². The highest BCUT2D eigenvalue weighted by Crippen LogP contribution is 2.18. The fraction of sp³-hybridized carbons (Fsp3) is 0.409. The second-order valence-electron chi connectivity index (χ2n) is 7.01. The van der Waals surface area contributed by atoms with Gasteiger partial charge in [-0.3, -0.25) is 9.69 Å². The fourth-order valence-electron chi connectivity index (χ4n) is 3.36. The summed E-state index contributed by atoms with van der Waals surface area (Å²) in [5, 5.41) is 3.18. The second kappa shape index (κ2) is 10.5. The molecule has 1 aliphatic heterocycles. The monoisotopic (exact) mass is 430 g/mol. The lowest BCUT2D eigenvalue weighted by atomic mass is 10.0. The van der Waals surface area contributed by atoms with Gasteiger partial charge in [-0.2, -0.15) is 0 Å². The summed E-state index contributed by atoms with van der Waals surface area (Å²) in [6.45, 7) is 3.62. The van der Waals surface area contributed by atoms with E-state index in [9.17, 15) is 4.79 Å². The first-order valence-corrected chi connectivity index (χ1v) is 10.4. The van der Waals surface area contributed by atoms with Crippen LogP contribution in [0.15, 0.2) is 59.1 Å². The van der Waals surface area contributed by atoms with Gasteiger partial charge in [0.1, 0.15) is 5.75 Å².